The average molecular weight is 606 g/mol. The number of ketones is 1. The molecule has 4 rings (SSSR count). The fraction of sp³-hybridized carbons (Fsp3) is 0.941. The van der Waals surface area contributed by atoms with E-state index in [1.165, 1.54) is 51.4 Å². The fourth-order valence-corrected chi connectivity index (χ4v) is 7.36. The van der Waals surface area contributed by atoms with Gasteiger partial charge in [-0.3, -0.25) is 4.79 Å². The number of Topliss-reactive ketones (excluding diaryl/α,β-unsaturated/α-hetero) is 1. The molecule has 1 radical (unpaired) electrons. The Morgan fingerprint density at radius 1 is 1.00 bits per heavy atom. The molecule has 2 aliphatic heterocycles. The van der Waals surface area contributed by atoms with Crippen LogP contribution in [0.15, 0.2) is 0 Å². The first kappa shape index (κ1) is 36.6. The third-order valence-electron chi connectivity index (χ3n) is 10.6. The van der Waals surface area contributed by atoms with Crippen molar-refractivity contribution in [3.8, 4) is 0 Å². The van der Waals surface area contributed by atoms with E-state index in [0.29, 0.717) is 25.1 Å². The maximum absolute atomic E-state index is 14.1. The third-order valence-corrected chi connectivity index (χ3v) is 10.6. The third kappa shape index (κ3) is 9.58. The fourth-order valence-electron chi connectivity index (χ4n) is 7.36. The molecule has 0 aromatic carbocycles. The Hall–Kier alpha value is -0.835. The molecule has 8 atom stereocenters. The summed E-state index contributed by atoms with van der Waals surface area (Å²) in [6.45, 7) is 10.1. The first-order valence-corrected chi connectivity index (χ1v) is 17.1. The van der Waals surface area contributed by atoms with E-state index in [4.69, 9.17) is 14.2 Å². The van der Waals surface area contributed by atoms with E-state index in [-0.39, 0.29) is 29.7 Å². The van der Waals surface area contributed by atoms with Gasteiger partial charge in [0.1, 0.15) is 11.9 Å². The maximum Gasteiger partial charge on any atom is 0.205 e. The van der Waals surface area contributed by atoms with Crippen molar-refractivity contribution in [2.24, 2.45) is 17.3 Å². The van der Waals surface area contributed by atoms with Crippen LogP contribution in [0, 0.1) is 17.3 Å². The number of carbonyl (C=O) groups is 2. The normalized spacial score (nSPS) is 38.6. The molecule has 9 heteroatoms. The monoisotopic (exact) mass is 605 g/mol. The summed E-state index contributed by atoms with van der Waals surface area (Å²) in [7, 11) is 9.49. The number of hydrogen-bond acceptors (Lipinski definition) is 8. The first-order chi connectivity index (χ1) is 20.2. The lowest BCUT2D eigenvalue weighted by molar-refractivity contribution is -0.295. The molecule has 4 aliphatic rings. The van der Waals surface area contributed by atoms with Crippen molar-refractivity contribution in [2.45, 2.75) is 154 Å². The molecule has 1 unspecified atom stereocenters. The van der Waals surface area contributed by atoms with Gasteiger partial charge in [-0.25, -0.2) is 0 Å². The number of aliphatic hydroxyl groups is 1. The minimum atomic E-state index is -1.20. The van der Waals surface area contributed by atoms with Crippen molar-refractivity contribution < 1.29 is 28.9 Å². The van der Waals surface area contributed by atoms with Crippen LogP contribution in [-0.2, 0) is 23.8 Å². The number of hydrogen-bond donors (Lipinski definition) is 1. The van der Waals surface area contributed by atoms with Crippen molar-refractivity contribution in [3.05, 3.63) is 0 Å². The van der Waals surface area contributed by atoms with E-state index in [9.17, 15) is 14.7 Å². The van der Waals surface area contributed by atoms with Crippen molar-refractivity contribution in [1.29, 1.82) is 0 Å². The van der Waals surface area contributed by atoms with E-state index in [1.807, 2.05) is 39.8 Å². The zero-order chi connectivity index (χ0) is 31.9. The summed E-state index contributed by atoms with van der Waals surface area (Å²) in [4.78, 5) is 32.1. The van der Waals surface area contributed by atoms with Crippen LogP contribution in [0.5, 0.6) is 0 Å². The molecule has 2 saturated heterocycles. The molecule has 0 aromatic rings. The Labute approximate surface area is 263 Å². The molecule has 0 bridgehead atoms. The lowest BCUT2D eigenvalue weighted by atomic mass is 9.55. The van der Waals surface area contributed by atoms with Gasteiger partial charge in [0.15, 0.2) is 6.29 Å². The maximum atomic E-state index is 14.1. The minimum Gasteiger partial charge on any atom is -0.386 e. The zero-order valence-corrected chi connectivity index (χ0v) is 28.8. The highest BCUT2D eigenvalue weighted by atomic mass is 16.7. The molecule has 2 saturated carbocycles. The molecule has 43 heavy (non-hydrogen) atoms. The largest absolute Gasteiger partial charge is 0.386 e. The molecule has 2 heterocycles. The average Bonchev–Trinajstić information content (AvgIpc) is 3.86. The highest BCUT2D eigenvalue weighted by Gasteiger charge is 2.50. The van der Waals surface area contributed by atoms with Crippen LogP contribution >= 0.6 is 0 Å². The van der Waals surface area contributed by atoms with Crippen LogP contribution in [0.3, 0.4) is 0 Å². The van der Waals surface area contributed by atoms with E-state index < -0.39 is 35.4 Å². The highest BCUT2D eigenvalue weighted by molar-refractivity contribution is 6.76. The van der Waals surface area contributed by atoms with Gasteiger partial charge in [-0.1, -0.05) is 51.8 Å². The van der Waals surface area contributed by atoms with E-state index in [1.54, 1.807) is 28.2 Å². The zero-order valence-electron chi connectivity index (χ0n) is 28.8. The Kier molecular flexibility index (Phi) is 13.7. The van der Waals surface area contributed by atoms with Crippen LogP contribution in [0.2, 0.25) is 6.32 Å². The van der Waals surface area contributed by atoms with Crippen LogP contribution in [0.4, 0.5) is 0 Å². The van der Waals surface area contributed by atoms with Gasteiger partial charge in [0, 0.05) is 25.1 Å². The van der Waals surface area contributed by atoms with Crippen molar-refractivity contribution in [1.82, 2.24) is 9.80 Å². The van der Waals surface area contributed by atoms with Gasteiger partial charge in [0.25, 0.3) is 0 Å². The van der Waals surface area contributed by atoms with Crippen molar-refractivity contribution in [3.63, 3.8) is 0 Å². The predicted octanol–water partition coefficient (Wildman–Crippen LogP) is 4.93. The Balaban J connectivity index is 0.00000158. The van der Waals surface area contributed by atoms with E-state index >= 15 is 0 Å². The summed E-state index contributed by atoms with van der Waals surface area (Å²) >= 11 is 0. The summed E-state index contributed by atoms with van der Waals surface area (Å²) in [6.07, 6.45) is 10.9. The van der Waals surface area contributed by atoms with Crippen LogP contribution in [-0.4, -0.2) is 111 Å². The Morgan fingerprint density at radius 3 is 2.16 bits per heavy atom. The quantitative estimate of drug-likeness (QED) is 0.349. The van der Waals surface area contributed by atoms with E-state index in [0.717, 1.165) is 13.0 Å². The number of nitrogens with zero attached hydrogens (tertiary/aromatic N) is 2. The van der Waals surface area contributed by atoms with Crippen LogP contribution in [0.25, 0.3) is 0 Å². The van der Waals surface area contributed by atoms with E-state index in [2.05, 4.69) is 11.9 Å². The van der Waals surface area contributed by atoms with Gasteiger partial charge in [-0.2, -0.15) is 0 Å². The Bertz CT molecular complexity index is 891. The number of methoxy groups -OCH3 is 1. The molecule has 0 aromatic heterocycles. The molecule has 2 aliphatic carbocycles. The Morgan fingerprint density at radius 2 is 1.60 bits per heavy atom. The SMILES string of the molecule is C1CC1.CO[C@]1(C)CCCN(C)[C@@H](C2CCCCC2)C[B]C(=O)C(C)(C)C(=O)[C@H](C)[C@H]1OC1O[C@H](C)C[C@H](N(C)C)[C@H]1O. The number of likely N-dealkylation sites (N-methyl/N-ethyl adjacent to an activating group) is 1. The van der Waals surface area contributed by atoms with Gasteiger partial charge in [0.2, 0.25) is 7.28 Å². The molecule has 1 N–H and O–H groups in total. The molecule has 0 amide bonds. The van der Waals surface area contributed by atoms with Gasteiger partial charge >= 0.3 is 0 Å². The molecular weight excluding hydrogens is 543 g/mol. The predicted molar refractivity (Wildman–Crippen MR) is 172 cm³/mol. The molecule has 0 spiro atoms. The molecule has 4 fully saturated rings. The van der Waals surface area contributed by atoms with Gasteiger partial charge < -0.3 is 33.9 Å². The first-order valence-electron chi connectivity index (χ1n) is 17.1. The lowest BCUT2D eigenvalue weighted by Gasteiger charge is -2.46. The second-order valence-corrected chi connectivity index (χ2v) is 14.8. The summed E-state index contributed by atoms with van der Waals surface area (Å²) < 4.78 is 18.9. The number of rotatable bonds is 5. The van der Waals surface area contributed by atoms with Crippen molar-refractivity contribution >= 4 is 18.7 Å². The van der Waals surface area contributed by atoms with Crippen molar-refractivity contribution in [2.75, 3.05) is 34.8 Å². The molecule has 8 nitrogen and oxygen atoms in total. The lowest BCUT2D eigenvalue weighted by Crippen LogP contribution is -2.59. The van der Waals surface area contributed by atoms with Gasteiger partial charge in [-0.05, 0) is 93.4 Å². The standard InChI is InChI=1S/C31H56BN2O6.C3H6/c1-20-18-23(33(6)7)25(35)28(39-20)40-27-21(2)26(36)30(3,4)29(37)32-19-24(22-14-11-10-12-15-22)34(8)17-13-16-31(27,5)38-9;1-2-3-1/h20-25,27-28,35H,10-19H2,1-9H3;1-3H2/t20-,21+,23+,24-,25-,27-,28?,31-;/m1./s1. The number of aliphatic hydroxyl groups excluding tert-OH is 1. The second kappa shape index (κ2) is 16.1. The van der Waals surface area contributed by atoms with Gasteiger partial charge in [-0.15, -0.1) is 0 Å². The summed E-state index contributed by atoms with van der Waals surface area (Å²) in [5.41, 5.74) is -2.17. The van der Waals surface area contributed by atoms with Crippen LogP contribution in [0.1, 0.15) is 105 Å². The van der Waals surface area contributed by atoms with Crippen LogP contribution < -0.4 is 0 Å². The summed E-state index contributed by atoms with van der Waals surface area (Å²) in [5.74, 6) is -0.269. The molecule has 247 valence electrons. The number of carbonyl (C=O) groups excluding carboxylic acids is 2. The smallest absolute Gasteiger partial charge is 0.205 e. The summed E-state index contributed by atoms with van der Waals surface area (Å²) in [5, 5.41) is 11.2. The number of ether oxygens (including phenoxy) is 3. The molecular formula is C34H62BN2O6. The minimum absolute atomic E-state index is 0.117. The summed E-state index contributed by atoms with van der Waals surface area (Å²) in [6, 6.07) is 0.144. The topological polar surface area (TPSA) is 88.5 Å². The van der Waals surface area contributed by atoms with Gasteiger partial charge in [0.05, 0.1) is 28.9 Å². The highest BCUT2D eigenvalue weighted by Crippen LogP contribution is 2.38. The second-order valence-electron chi connectivity index (χ2n) is 14.8.